The lowest BCUT2D eigenvalue weighted by Gasteiger charge is -2.25. The van der Waals surface area contributed by atoms with E-state index in [-0.39, 0.29) is 15.3 Å². The number of nitrogens with zero attached hydrogens (tertiary/aromatic N) is 3. The van der Waals surface area contributed by atoms with E-state index < -0.39 is 73.2 Å². The smallest absolute Gasteiger partial charge is 0.292 e. The van der Waals surface area contributed by atoms with E-state index in [9.17, 15) is 45.6 Å². The molecule has 0 saturated carbocycles. The summed E-state index contributed by atoms with van der Waals surface area (Å²) in [4.78, 5) is 38.4. The highest BCUT2D eigenvalue weighted by atomic mass is 32.2. The Morgan fingerprint density at radius 3 is 2.33 bits per heavy atom. The zero-order chi connectivity index (χ0) is 25.5. The fourth-order valence-corrected chi connectivity index (χ4v) is 4.06. The number of aromatic amines is 1. The molecule has 33 heavy (non-hydrogen) atoms. The van der Waals surface area contributed by atoms with Gasteiger partial charge in [-0.05, 0) is 18.6 Å². The molecule has 0 fully saturated rings. The minimum Gasteiger partial charge on any atom is -0.292 e. The quantitative estimate of drug-likeness (QED) is 0.639. The molecule has 0 bridgehead atoms. The van der Waals surface area contributed by atoms with E-state index in [1.54, 1.807) is 11.9 Å². The van der Waals surface area contributed by atoms with Gasteiger partial charge in [-0.15, -0.1) is 0 Å². The normalized spacial score (nSPS) is 12.8. The van der Waals surface area contributed by atoms with Gasteiger partial charge in [-0.3, -0.25) is 19.1 Å². The number of carbonyl (C=O) groups is 1. The summed E-state index contributed by atoms with van der Waals surface area (Å²) in [5.74, 6) is -3.37. The number of alkyl halides is 3. The number of carbonyl (C=O) groups excluding carboxylic acids is 1. The van der Waals surface area contributed by atoms with Crippen molar-refractivity contribution in [3.63, 3.8) is 0 Å². The molecule has 0 spiro atoms. The molecule has 14 heteroatoms. The van der Waals surface area contributed by atoms with Crippen LogP contribution in [0.25, 0.3) is 11.1 Å². The highest BCUT2D eigenvalue weighted by molar-refractivity contribution is 7.92. The largest absolute Gasteiger partial charge is 0.432 e. The van der Waals surface area contributed by atoms with E-state index in [0.29, 0.717) is 25.4 Å². The van der Waals surface area contributed by atoms with Crippen LogP contribution < -0.4 is 15.6 Å². The first kappa shape index (κ1) is 25.8. The average molecular weight is 490 g/mol. The van der Waals surface area contributed by atoms with Crippen LogP contribution in [0.1, 0.15) is 31.5 Å². The van der Waals surface area contributed by atoms with Crippen LogP contribution in [0.5, 0.6) is 0 Å². The van der Waals surface area contributed by atoms with Crippen molar-refractivity contribution in [2.24, 2.45) is 13.0 Å². The van der Waals surface area contributed by atoms with Gasteiger partial charge >= 0.3 is 11.9 Å². The molecule has 0 radical (unpaired) electrons. The molecule has 2 aromatic rings. The Hall–Kier alpha value is -3.47. The van der Waals surface area contributed by atoms with Crippen molar-refractivity contribution in [2.75, 3.05) is 10.6 Å². The van der Waals surface area contributed by atoms with Crippen LogP contribution >= 0.6 is 0 Å². The van der Waals surface area contributed by atoms with Gasteiger partial charge in [0.2, 0.25) is 15.9 Å². The van der Waals surface area contributed by atoms with Crippen LogP contribution in [0, 0.1) is 23.1 Å². The molecule has 0 saturated heterocycles. The van der Waals surface area contributed by atoms with Gasteiger partial charge in [0.1, 0.15) is 17.6 Å². The predicted octanol–water partition coefficient (Wildman–Crippen LogP) is 2.11. The Labute approximate surface area is 184 Å². The van der Waals surface area contributed by atoms with Crippen molar-refractivity contribution >= 4 is 21.6 Å². The van der Waals surface area contributed by atoms with Gasteiger partial charge in [0.05, 0.1) is 23.1 Å². The third-order valence-corrected chi connectivity index (χ3v) is 5.89. The van der Waals surface area contributed by atoms with E-state index in [4.69, 9.17) is 0 Å². The zero-order valence-electron chi connectivity index (χ0n) is 17.7. The Kier molecular flexibility index (Phi) is 6.89. The van der Waals surface area contributed by atoms with Crippen LogP contribution in [0.3, 0.4) is 0 Å². The minimum absolute atomic E-state index is 0.0483. The number of halogens is 4. The van der Waals surface area contributed by atoms with Gasteiger partial charge in [-0.1, -0.05) is 13.8 Å². The fraction of sp³-hybridized carbons (Fsp3) is 0.368. The van der Waals surface area contributed by atoms with Crippen LogP contribution in [0.15, 0.2) is 21.7 Å². The Bertz CT molecular complexity index is 1390. The maximum absolute atomic E-state index is 14.9. The van der Waals surface area contributed by atoms with Crippen molar-refractivity contribution in [1.29, 1.82) is 5.26 Å². The second kappa shape index (κ2) is 8.81. The summed E-state index contributed by atoms with van der Waals surface area (Å²) in [7, 11) is -3.74. The maximum Gasteiger partial charge on any atom is 0.432 e. The van der Waals surface area contributed by atoms with Gasteiger partial charge in [-0.2, -0.15) is 18.4 Å². The molecule has 1 N–H and O–H groups in total. The number of benzene rings is 1. The summed E-state index contributed by atoms with van der Waals surface area (Å²) in [5, 5.41) is 9.37. The van der Waals surface area contributed by atoms with Crippen molar-refractivity contribution in [3.8, 4) is 17.2 Å². The van der Waals surface area contributed by atoms with E-state index in [1.165, 1.54) is 13.0 Å². The van der Waals surface area contributed by atoms with Crippen molar-refractivity contribution in [1.82, 2.24) is 9.55 Å². The predicted molar refractivity (Wildman–Crippen MR) is 109 cm³/mol. The average Bonchev–Trinajstić information content (AvgIpc) is 2.68. The molecule has 1 aromatic carbocycles. The molecule has 0 aliphatic carbocycles. The number of hydrogen-bond acceptors (Lipinski definition) is 6. The lowest BCUT2D eigenvalue weighted by atomic mass is 10.00. The van der Waals surface area contributed by atoms with Crippen LogP contribution in [0.2, 0.25) is 0 Å². The van der Waals surface area contributed by atoms with Crippen molar-refractivity contribution < 1.29 is 30.8 Å². The fourth-order valence-electron chi connectivity index (χ4n) is 3.05. The summed E-state index contributed by atoms with van der Waals surface area (Å²) >= 11 is 0. The number of sulfonamides is 1. The van der Waals surface area contributed by atoms with E-state index >= 15 is 0 Å². The summed E-state index contributed by atoms with van der Waals surface area (Å²) in [6, 6.07) is 2.41. The first-order chi connectivity index (χ1) is 15.1. The van der Waals surface area contributed by atoms with Gasteiger partial charge in [0, 0.05) is 18.5 Å². The van der Waals surface area contributed by atoms with Crippen LogP contribution in [-0.2, 0) is 28.0 Å². The molecular formula is C19H18F4N4O5S. The second-order valence-corrected chi connectivity index (χ2v) is 9.01. The third-order valence-electron chi connectivity index (χ3n) is 4.85. The van der Waals surface area contributed by atoms with Crippen LogP contribution in [-0.4, -0.2) is 30.1 Å². The SMILES string of the molecule is CCC(C)C(=O)N(c1cc(-c2c(C(F)(F)F)n(C)c(=O)[nH]c2=O)c(F)cc1C#N)S(C)(=O)=O. The van der Waals surface area contributed by atoms with Gasteiger partial charge < -0.3 is 0 Å². The highest BCUT2D eigenvalue weighted by Crippen LogP contribution is 2.38. The number of anilines is 1. The van der Waals surface area contributed by atoms with Crippen molar-refractivity contribution in [3.05, 3.63) is 50.0 Å². The lowest BCUT2D eigenvalue weighted by molar-refractivity contribution is -0.143. The number of amides is 1. The van der Waals surface area contributed by atoms with Gasteiger partial charge in [0.15, 0.2) is 0 Å². The van der Waals surface area contributed by atoms with E-state index in [1.807, 2.05) is 0 Å². The Morgan fingerprint density at radius 1 is 1.30 bits per heavy atom. The molecule has 0 aliphatic heterocycles. The lowest BCUT2D eigenvalue weighted by Crippen LogP contribution is -2.40. The zero-order valence-corrected chi connectivity index (χ0v) is 18.6. The number of nitriles is 1. The summed E-state index contributed by atoms with van der Waals surface area (Å²) < 4.78 is 81.0. The van der Waals surface area contributed by atoms with Gasteiger partial charge in [0.25, 0.3) is 5.56 Å². The molecule has 1 unspecified atom stereocenters. The Balaban J connectivity index is 3.07. The monoisotopic (exact) mass is 490 g/mol. The van der Waals surface area contributed by atoms with Crippen molar-refractivity contribution in [2.45, 2.75) is 26.4 Å². The highest BCUT2D eigenvalue weighted by Gasteiger charge is 2.40. The molecule has 1 heterocycles. The molecular weight excluding hydrogens is 472 g/mol. The molecule has 0 aliphatic rings. The number of rotatable bonds is 5. The molecule has 1 aromatic heterocycles. The summed E-state index contributed by atoms with van der Waals surface area (Å²) in [6.45, 7) is 2.96. The maximum atomic E-state index is 14.9. The second-order valence-electron chi connectivity index (χ2n) is 7.18. The topological polar surface area (TPSA) is 133 Å². The number of nitrogens with one attached hydrogen (secondary N) is 1. The Morgan fingerprint density at radius 2 is 1.88 bits per heavy atom. The molecule has 9 nitrogen and oxygen atoms in total. The standard InChI is InChI=1S/C19H18F4N4O5S/c1-5-9(2)17(29)27(33(4,31)32)13-7-11(12(20)6-10(13)8-24)14-15(19(21,22)23)26(3)18(30)25-16(14)28/h6-7,9H,5H2,1-4H3,(H,25,28,30). The first-order valence-electron chi connectivity index (χ1n) is 9.24. The summed E-state index contributed by atoms with van der Waals surface area (Å²) in [5.41, 5.74) is -8.61. The van der Waals surface area contributed by atoms with Crippen LogP contribution in [0.4, 0.5) is 23.2 Å². The number of aromatic nitrogens is 2. The first-order valence-corrected chi connectivity index (χ1v) is 11.1. The molecule has 1 amide bonds. The molecule has 1 atom stereocenters. The van der Waals surface area contributed by atoms with E-state index in [2.05, 4.69) is 0 Å². The summed E-state index contributed by atoms with van der Waals surface area (Å²) in [6.07, 6.45) is -4.49. The van der Waals surface area contributed by atoms with E-state index in [0.717, 1.165) is 0 Å². The van der Waals surface area contributed by atoms with Gasteiger partial charge in [-0.25, -0.2) is 21.9 Å². The number of H-pyrrole nitrogens is 1. The molecule has 2 rings (SSSR count). The minimum atomic E-state index is -5.29. The number of hydrogen-bond donors (Lipinski definition) is 1. The third kappa shape index (κ3) is 4.82. The molecule has 178 valence electrons.